The van der Waals surface area contributed by atoms with Crippen LogP contribution in [-0.2, 0) is 4.74 Å². The van der Waals surface area contributed by atoms with Crippen molar-refractivity contribution in [3.8, 4) is 5.88 Å². The highest BCUT2D eigenvalue weighted by atomic mass is 32.1. The molecule has 0 saturated carbocycles. The van der Waals surface area contributed by atoms with Crippen molar-refractivity contribution < 1.29 is 23.0 Å². The quantitative estimate of drug-likeness (QED) is 0.580. The number of aryl methyl sites for hydroxylation is 1. The van der Waals surface area contributed by atoms with Gasteiger partial charge in [0.05, 0.1) is 25.5 Å². The standard InChI is InChI=1S/C20H22F2N4O3S/c1-12-16(19(27)29-3)11-17(18(23-12)28-2)24-20(30)26-6-4-25(5-7-26)15-9-13(21)8-14(22)10-15/h8-11H,4-7H2,1-3H3,(H,24,30). The number of esters is 1. The summed E-state index contributed by atoms with van der Waals surface area (Å²) in [7, 11) is 2.78. The summed E-state index contributed by atoms with van der Waals surface area (Å²) in [5, 5.41) is 3.50. The first kappa shape index (κ1) is 21.7. The summed E-state index contributed by atoms with van der Waals surface area (Å²) in [5.41, 5.74) is 1.73. The van der Waals surface area contributed by atoms with E-state index in [2.05, 4.69) is 10.3 Å². The van der Waals surface area contributed by atoms with Crippen molar-refractivity contribution in [2.24, 2.45) is 0 Å². The molecule has 10 heteroatoms. The zero-order valence-electron chi connectivity index (χ0n) is 16.9. The number of hydrogen-bond donors (Lipinski definition) is 1. The molecular weight excluding hydrogens is 414 g/mol. The summed E-state index contributed by atoms with van der Waals surface area (Å²) in [4.78, 5) is 20.1. The molecule has 160 valence electrons. The molecule has 7 nitrogen and oxygen atoms in total. The highest BCUT2D eigenvalue weighted by Gasteiger charge is 2.22. The summed E-state index contributed by atoms with van der Waals surface area (Å²) < 4.78 is 37.1. The number of piperazine rings is 1. The predicted octanol–water partition coefficient (Wildman–Crippen LogP) is 2.98. The second-order valence-corrected chi connectivity index (χ2v) is 7.09. The molecule has 30 heavy (non-hydrogen) atoms. The summed E-state index contributed by atoms with van der Waals surface area (Å²) in [6.07, 6.45) is 0. The number of carbonyl (C=O) groups is 1. The summed E-state index contributed by atoms with van der Waals surface area (Å²) in [6, 6.07) is 5.06. The van der Waals surface area contributed by atoms with Crippen LogP contribution < -0.4 is 15.0 Å². The van der Waals surface area contributed by atoms with E-state index in [1.165, 1.54) is 26.4 Å². The van der Waals surface area contributed by atoms with Crippen molar-refractivity contribution in [2.45, 2.75) is 6.92 Å². The lowest BCUT2D eigenvalue weighted by Gasteiger charge is -2.37. The Bertz CT molecular complexity index is 945. The molecule has 2 aromatic rings. The van der Waals surface area contributed by atoms with Gasteiger partial charge in [-0.15, -0.1) is 0 Å². The topological polar surface area (TPSA) is 66.9 Å². The van der Waals surface area contributed by atoms with Crippen LogP contribution >= 0.6 is 12.2 Å². The van der Waals surface area contributed by atoms with E-state index < -0.39 is 17.6 Å². The molecule has 0 amide bonds. The Hall–Kier alpha value is -3.01. The third-order valence-corrected chi connectivity index (χ3v) is 5.16. The van der Waals surface area contributed by atoms with Gasteiger partial charge in [-0.3, -0.25) is 0 Å². The third-order valence-electron chi connectivity index (χ3n) is 4.80. The van der Waals surface area contributed by atoms with E-state index in [0.29, 0.717) is 59.8 Å². The van der Waals surface area contributed by atoms with Crippen LogP contribution in [0.5, 0.6) is 5.88 Å². The van der Waals surface area contributed by atoms with E-state index in [4.69, 9.17) is 21.7 Å². The maximum Gasteiger partial charge on any atom is 0.339 e. The third kappa shape index (κ3) is 4.76. The molecule has 0 spiro atoms. The van der Waals surface area contributed by atoms with Gasteiger partial charge in [-0.2, -0.15) is 0 Å². The van der Waals surface area contributed by atoms with Crippen LogP contribution in [0.2, 0.25) is 0 Å². The lowest BCUT2D eigenvalue weighted by molar-refractivity contribution is 0.0599. The number of hydrogen-bond acceptors (Lipinski definition) is 6. The van der Waals surface area contributed by atoms with Crippen molar-refractivity contribution in [2.75, 3.05) is 50.6 Å². The lowest BCUT2D eigenvalue weighted by atomic mass is 10.2. The van der Waals surface area contributed by atoms with Gasteiger partial charge in [-0.1, -0.05) is 0 Å². The number of halogens is 2. The first-order valence-electron chi connectivity index (χ1n) is 9.23. The highest BCUT2D eigenvalue weighted by molar-refractivity contribution is 7.80. The number of carbonyl (C=O) groups excluding carboxylic acids is 1. The van der Waals surface area contributed by atoms with Crippen molar-refractivity contribution in [3.05, 3.63) is 47.2 Å². The molecule has 0 radical (unpaired) electrons. The molecule has 0 unspecified atom stereocenters. The van der Waals surface area contributed by atoms with Gasteiger partial charge in [0.25, 0.3) is 0 Å². The number of nitrogens with zero attached hydrogens (tertiary/aromatic N) is 3. The molecule has 1 fully saturated rings. The average molecular weight is 436 g/mol. The molecule has 0 aliphatic carbocycles. The van der Waals surface area contributed by atoms with Crippen molar-refractivity contribution in [1.82, 2.24) is 9.88 Å². The molecule has 2 heterocycles. The van der Waals surface area contributed by atoms with Crippen LogP contribution in [-0.4, -0.2) is 61.4 Å². The maximum atomic E-state index is 13.5. The molecule has 1 aliphatic rings. The Morgan fingerprint density at radius 2 is 1.73 bits per heavy atom. The fourth-order valence-corrected chi connectivity index (χ4v) is 3.52. The van der Waals surface area contributed by atoms with Crippen LogP contribution in [0.25, 0.3) is 0 Å². The van der Waals surface area contributed by atoms with Crippen LogP contribution in [0.3, 0.4) is 0 Å². The number of benzene rings is 1. The van der Waals surface area contributed by atoms with E-state index >= 15 is 0 Å². The second kappa shape index (κ2) is 9.21. The van der Waals surface area contributed by atoms with E-state index in [-0.39, 0.29) is 0 Å². The van der Waals surface area contributed by atoms with Gasteiger partial charge < -0.3 is 24.6 Å². The van der Waals surface area contributed by atoms with Gasteiger partial charge in [-0.05, 0) is 37.3 Å². The largest absolute Gasteiger partial charge is 0.480 e. The SMILES string of the molecule is COC(=O)c1cc(NC(=S)N2CCN(c3cc(F)cc(F)c3)CC2)c(OC)nc1C. The fourth-order valence-electron chi connectivity index (χ4n) is 3.23. The van der Waals surface area contributed by atoms with Crippen LogP contribution in [0, 0.1) is 18.6 Å². The first-order chi connectivity index (χ1) is 14.3. The Labute approximate surface area is 178 Å². The minimum atomic E-state index is -0.606. The molecular formula is C20H22F2N4O3S. The normalized spacial score (nSPS) is 13.8. The van der Waals surface area contributed by atoms with E-state index in [1.54, 1.807) is 13.0 Å². The minimum absolute atomic E-state index is 0.302. The lowest BCUT2D eigenvalue weighted by Crippen LogP contribution is -2.50. The Morgan fingerprint density at radius 1 is 1.10 bits per heavy atom. The molecule has 1 N–H and O–H groups in total. The monoisotopic (exact) mass is 436 g/mol. The van der Waals surface area contributed by atoms with Crippen LogP contribution in [0.15, 0.2) is 24.3 Å². The van der Waals surface area contributed by atoms with Crippen LogP contribution in [0.4, 0.5) is 20.2 Å². The van der Waals surface area contributed by atoms with Crippen molar-refractivity contribution >= 4 is 34.7 Å². The number of methoxy groups -OCH3 is 2. The Morgan fingerprint density at radius 3 is 2.30 bits per heavy atom. The van der Waals surface area contributed by atoms with Gasteiger partial charge in [0, 0.05) is 37.9 Å². The average Bonchev–Trinajstić information content (AvgIpc) is 2.73. The van der Waals surface area contributed by atoms with E-state index in [1.807, 2.05) is 9.80 Å². The molecule has 1 aromatic carbocycles. The molecule has 1 aliphatic heterocycles. The zero-order valence-corrected chi connectivity index (χ0v) is 17.7. The maximum absolute atomic E-state index is 13.5. The number of nitrogens with one attached hydrogen (secondary N) is 1. The number of anilines is 2. The van der Waals surface area contributed by atoms with Gasteiger partial charge in [-0.25, -0.2) is 18.6 Å². The second-order valence-electron chi connectivity index (χ2n) is 6.70. The molecule has 1 saturated heterocycles. The van der Waals surface area contributed by atoms with Crippen molar-refractivity contribution in [1.29, 1.82) is 0 Å². The van der Waals surface area contributed by atoms with Gasteiger partial charge in [0.15, 0.2) is 5.11 Å². The number of aromatic nitrogens is 1. The Balaban J connectivity index is 1.69. The zero-order chi connectivity index (χ0) is 21.8. The summed E-state index contributed by atoms with van der Waals surface area (Å²) in [5.74, 6) is -1.42. The highest BCUT2D eigenvalue weighted by Crippen LogP contribution is 2.26. The van der Waals surface area contributed by atoms with Gasteiger partial charge >= 0.3 is 5.97 Å². The molecule has 1 aromatic heterocycles. The molecule has 0 atom stereocenters. The number of ether oxygens (including phenoxy) is 2. The summed E-state index contributed by atoms with van der Waals surface area (Å²) in [6.45, 7) is 3.87. The number of rotatable bonds is 4. The van der Waals surface area contributed by atoms with Gasteiger partial charge in [0.1, 0.15) is 17.3 Å². The smallest absolute Gasteiger partial charge is 0.339 e. The molecule has 3 rings (SSSR count). The number of pyridine rings is 1. The van der Waals surface area contributed by atoms with Crippen molar-refractivity contribution in [3.63, 3.8) is 0 Å². The number of thiocarbonyl (C=S) groups is 1. The predicted molar refractivity (Wildman–Crippen MR) is 113 cm³/mol. The first-order valence-corrected chi connectivity index (χ1v) is 9.64. The fraction of sp³-hybridized carbons (Fsp3) is 0.350. The minimum Gasteiger partial charge on any atom is -0.480 e. The van der Waals surface area contributed by atoms with Crippen LogP contribution in [0.1, 0.15) is 16.1 Å². The Kier molecular flexibility index (Phi) is 6.66. The van der Waals surface area contributed by atoms with Gasteiger partial charge in [0.2, 0.25) is 5.88 Å². The van der Waals surface area contributed by atoms with E-state index in [0.717, 1.165) is 6.07 Å². The summed E-state index contributed by atoms with van der Waals surface area (Å²) >= 11 is 5.51. The van der Waals surface area contributed by atoms with E-state index in [9.17, 15) is 13.6 Å². The molecule has 0 bridgehead atoms.